The van der Waals surface area contributed by atoms with Crippen LogP contribution in [-0.2, 0) is 21.2 Å². The third kappa shape index (κ3) is 5.87. The third-order valence-electron chi connectivity index (χ3n) is 4.30. The van der Waals surface area contributed by atoms with Gasteiger partial charge in [0.05, 0.1) is 19.1 Å². The Labute approximate surface area is 171 Å². The van der Waals surface area contributed by atoms with Crippen molar-refractivity contribution in [3.8, 4) is 5.75 Å². The van der Waals surface area contributed by atoms with Gasteiger partial charge in [0.15, 0.2) is 0 Å². The summed E-state index contributed by atoms with van der Waals surface area (Å²) >= 11 is 6.13. The second kappa shape index (κ2) is 9.80. The molecule has 0 aliphatic heterocycles. The minimum Gasteiger partial charge on any atom is -0.497 e. The monoisotopic (exact) mass is 424 g/mol. The molecule has 1 atom stereocenters. The summed E-state index contributed by atoms with van der Waals surface area (Å²) in [7, 11) is -2.12. The van der Waals surface area contributed by atoms with Crippen molar-refractivity contribution in [1.82, 2.24) is 5.32 Å². The topological polar surface area (TPSA) is 75.7 Å². The molecule has 0 spiro atoms. The number of halogens is 1. The molecule has 8 heteroatoms. The zero-order valence-electron chi connectivity index (χ0n) is 16.2. The van der Waals surface area contributed by atoms with E-state index in [1.54, 1.807) is 31.2 Å². The number of hydrogen-bond acceptors (Lipinski definition) is 4. The van der Waals surface area contributed by atoms with Crippen molar-refractivity contribution in [3.63, 3.8) is 0 Å². The van der Waals surface area contributed by atoms with Crippen LogP contribution in [0.4, 0.5) is 5.69 Å². The van der Waals surface area contributed by atoms with E-state index in [9.17, 15) is 13.2 Å². The van der Waals surface area contributed by atoms with E-state index in [1.165, 1.54) is 7.11 Å². The van der Waals surface area contributed by atoms with Crippen LogP contribution in [0.15, 0.2) is 48.5 Å². The Morgan fingerprint density at radius 3 is 2.39 bits per heavy atom. The van der Waals surface area contributed by atoms with Gasteiger partial charge in [-0.15, -0.1) is 0 Å². The van der Waals surface area contributed by atoms with Crippen molar-refractivity contribution < 1.29 is 17.9 Å². The molecular weight excluding hydrogens is 400 g/mol. The van der Waals surface area contributed by atoms with Gasteiger partial charge in [0.25, 0.3) is 0 Å². The van der Waals surface area contributed by atoms with Crippen LogP contribution < -0.4 is 14.4 Å². The zero-order valence-corrected chi connectivity index (χ0v) is 17.8. The van der Waals surface area contributed by atoms with E-state index in [4.69, 9.17) is 16.3 Å². The summed E-state index contributed by atoms with van der Waals surface area (Å²) in [6, 6.07) is 13.2. The molecular formula is C20H25ClN2O4S. The summed E-state index contributed by atoms with van der Waals surface area (Å²) in [5.74, 6) is 0.245. The van der Waals surface area contributed by atoms with Crippen LogP contribution in [0, 0.1) is 0 Å². The molecule has 152 valence electrons. The minimum atomic E-state index is -3.65. The maximum atomic E-state index is 12.5. The maximum Gasteiger partial charge on any atom is 0.243 e. The van der Waals surface area contributed by atoms with Crippen LogP contribution in [0.2, 0.25) is 5.02 Å². The van der Waals surface area contributed by atoms with E-state index >= 15 is 0 Å². The third-order valence-corrected chi connectivity index (χ3v) is 5.91. The lowest BCUT2D eigenvalue weighted by Crippen LogP contribution is -2.48. The van der Waals surface area contributed by atoms with Crippen LogP contribution in [0.25, 0.3) is 0 Å². The highest BCUT2D eigenvalue weighted by atomic mass is 35.5. The highest BCUT2D eigenvalue weighted by molar-refractivity contribution is 7.92. The van der Waals surface area contributed by atoms with Crippen molar-refractivity contribution in [2.24, 2.45) is 0 Å². The molecule has 28 heavy (non-hydrogen) atoms. The quantitative estimate of drug-likeness (QED) is 0.627. The summed E-state index contributed by atoms with van der Waals surface area (Å²) < 4.78 is 30.8. The Morgan fingerprint density at radius 2 is 1.82 bits per heavy atom. The fourth-order valence-corrected chi connectivity index (χ4v) is 4.28. The lowest BCUT2D eigenvalue weighted by atomic mass is 10.1. The number of nitrogens with one attached hydrogen (secondary N) is 1. The Bertz CT molecular complexity index is 901. The number of nitrogens with zero attached hydrogens (tertiary/aromatic N) is 1. The lowest BCUT2D eigenvalue weighted by Gasteiger charge is -2.28. The molecule has 0 radical (unpaired) electrons. The first-order valence-electron chi connectivity index (χ1n) is 8.88. The predicted molar refractivity (Wildman–Crippen MR) is 113 cm³/mol. The minimum absolute atomic E-state index is 0.361. The van der Waals surface area contributed by atoms with Gasteiger partial charge in [-0.2, -0.15) is 0 Å². The highest BCUT2D eigenvalue weighted by Crippen LogP contribution is 2.24. The summed E-state index contributed by atoms with van der Waals surface area (Å²) in [6.45, 7) is 1.99. The summed E-state index contributed by atoms with van der Waals surface area (Å²) in [4.78, 5) is 12.5. The lowest BCUT2D eigenvalue weighted by molar-refractivity contribution is -0.121. The molecule has 0 bridgehead atoms. The number of hydrogen-bond donors (Lipinski definition) is 1. The second-order valence-corrected chi connectivity index (χ2v) is 8.69. The fraction of sp³-hybridized carbons (Fsp3) is 0.350. The average molecular weight is 425 g/mol. The van der Waals surface area contributed by atoms with Crippen molar-refractivity contribution in [2.75, 3.05) is 24.2 Å². The molecule has 0 heterocycles. The van der Waals surface area contributed by atoms with E-state index in [0.717, 1.165) is 22.5 Å². The number of aryl methyl sites for hydroxylation is 1. The first-order chi connectivity index (χ1) is 13.2. The van der Waals surface area contributed by atoms with E-state index < -0.39 is 16.1 Å². The van der Waals surface area contributed by atoms with E-state index in [-0.39, 0.29) is 5.91 Å². The molecule has 0 aliphatic carbocycles. The van der Waals surface area contributed by atoms with Crippen LogP contribution >= 0.6 is 11.6 Å². The van der Waals surface area contributed by atoms with Gasteiger partial charge in [-0.05, 0) is 55.7 Å². The van der Waals surface area contributed by atoms with Gasteiger partial charge in [-0.1, -0.05) is 29.8 Å². The molecule has 0 aromatic heterocycles. The van der Waals surface area contributed by atoms with Crippen LogP contribution in [0.5, 0.6) is 5.75 Å². The van der Waals surface area contributed by atoms with E-state index in [0.29, 0.717) is 29.4 Å². The molecule has 2 aromatic rings. The van der Waals surface area contributed by atoms with Crippen molar-refractivity contribution >= 4 is 33.2 Å². The Morgan fingerprint density at radius 1 is 1.18 bits per heavy atom. The molecule has 2 aromatic carbocycles. The molecule has 1 N–H and O–H groups in total. The van der Waals surface area contributed by atoms with Gasteiger partial charge in [0.1, 0.15) is 11.8 Å². The van der Waals surface area contributed by atoms with Crippen LogP contribution in [0.3, 0.4) is 0 Å². The van der Waals surface area contributed by atoms with Gasteiger partial charge in [-0.25, -0.2) is 8.42 Å². The first kappa shape index (κ1) is 22.0. The summed E-state index contributed by atoms with van der Waals surface area (Å²) in [5.41, 5.74) is 1.42. The van der Waals surface area contributed by atoms with Crippen LogP contribution in [0.1, 0.15) is 18.9 Å². The number of benzene rings is 2. The number of sulfonamides is 1. The van der Waals surface area contributed by atoms with Crippen molar-refractivity contribution in [2.45, 2.75) is 25.8 Å². The number of ether oxygens (including phenoxy) is 1. The van der Waals surface area contributed by atoms with Crippen LogP contribution in [-0.4, -0.2) is 40.3 Å². The SMILES string of the molecule is COc1ccc(N([C@@H](C)C(=O)NCCCc2ccccc2Cl)S(C)(=O)=O)cc1. The molecule has 6 nitrogen and oxygen atoms in total. The molecule has 2 rings (SSSR count). The second-order valence-electron chi connectivity index (χ2n) is 6.42. The smallest absolute Gasteiger partial charge is 0.243 e. The normalized spacial score (nSPS) is 12.3. The predicted octanol–water partition coefficient (Wildman–Crippen LogP) is 3.25. The molecule has 1 amide bonds. The Kier molecular flexibility index (Phi) is 7.71. The van der Waals surface area contributed by atoms with Crippen molar-refractivity contribution in [3.05, 3.63) is 59.1 Å². The number of methoxy groups -OCH3 is 1. The Balaban J connectivity index is 2.00. The van der Waals surface area contributed by atoms with E-state index in [2.05, 4.69) is 5.32 Å². The fourth-order valence-electron chi connectivity index (χ4n) is 2.88. The number of carbonyl (C=O) groups excluding carboxylic acids is 1. The Hall–Kier alpha value is -2.25. The maximum absolute atomic E-state index is 12.5. The number of rotatable bonds is 9. The zero-order chi connectivity index (χ0) is 20.7. The average Bonchev–Trinajstić information content (AvgIpc) is 2.66. The summed E-state index contributed by atoms with van der Waals surface area (Å²) in [5, 5.41) is 3.50. The summed E-state index contributed by atoms with van der Waals surface area (Å²) in [6.07, 6.45) is 2.50. The standard InChI is InChI=1S/C20H25ClN2O4S/c1-15(20(24)22-14-6-8-16-7-4-5-9-19(16)21)23(28(3,25)26)17-10-12-18(27-2)13-11-17/h4-5,7,9-13,15H,6,8,14H2,1-3H3,(H,22,24)/t15-/m0/s1. The molecule has 0 fully saturated rings. The van der Waals surface area contributed by atoms with Gasteiger partial charge in [0, 0.05) is 11.6 Å². The van der Waals surface area contributed by atoms with Gasteiger partial charge >= 0.3 is 0 Å². The van der Waals surface area contributed by atoms with Gasteiger partial charge in [-0.3, -0.25) is 9.10 Å². The van der Waals surface area contributed by atoms with Crippen molar-refractivity contribution in [1.29, 1.82) is 0 Å². The molecule has 0 saturated carbocycles. The first-order valence-corrected chi connectivity index (χ1v) is 11.1. The number of anilines is 1. The molecule has 0 saturated heterocycles. The highest BCUT2D eigenvalue weighted by Gasteiger charge is 2.28. The molecule has 0 unspecified atom stereocenters. The molecule has 0 aliphatic rings. The van der Waals surface area contributed by atoms with E-state index in [1.807, 2.05) is 24.3 Å². The largest absolute Gasteiger partial charge is 0.497 e. The van der Waals surface area contributed by atoms with Gasteiger partial charge < -0.3 is 10.1 Å². The van der Waals surface area contributed by atoms with Gasteiger partial charge in [0.2, 0.25) is 15.9 Å². The number of carbonyl (C=O) groups is 1. The number of amides is 1.